The standard InChI is InChI=1S/C28H32ClN3O2/c1-19(2)17-32(28(34)22-8-6-7-20(3)15-22)18-23-16-25(13-14-26(23)31(4)5)30-27(33)21-9-11-24(29)12-10-21/h6-16,19H,17-18H2,1-5H3,(H,30,33). The Kier molecular flexibility index (Phi) is 8.35. The Hall–Kier alpha value is -3.31. The molecular weight excluding hydrogens is 446 g/mol. The van der Waals surface area contributed by atoms with Crippen LogP contribution in [0.25, 0.3) is 0 Å². The maximum absolute atomic E-state index is 13.4. The lowest BCUT2D eigenvalue weighted by Crippen LogP contribution is -2.34. The minimum Gasteiger partial charge on any atom is -0.377 e. The molecule has 0 aliphatic carbocycles. The first-order valence-corrected chi connectivity index (χ1v) is 11.7. The van der Waals surface area contributed by atoms with E-state index in [0.29, 0.717) is 40.8 Å². The van der Waals surface area contributed by atoms with Crippen molar-refractivity contribution in [3.8, 4) is 0 Å². The molecule has 3 rings (SSSR count). The van der Waals surface area contributed by atoms with Crippen molar-refractivity contribution in [1.29, 1.82) is 0 Å². The Morgan fingerprint density at radius 2 is 1.65 bits per heavy atom. The van der Waals surface area contributed by atoms with E-state index < -0.39 is 0 Å². The molecule has 0 radical (unpaired) electrons. The van der Waals surface area contributed by atoms with Crippen LogP contribution < -0.4 is 10.2 Å². The Morgan fingerprint density at radius 1 is 0.941 bits per heavy atom. The topological polar surface area (TPSA) is 52.7 Å². The Labute approximate surface area is 207 Å². The summed E-state index contributed by atoms with van der Waals surface area (Å²) in [4.78, 5) is 30.0. The van der Waals surface area contributed by atoms with Crippen LogP contribution in [0.4, 0.5) is 11.4 Å². The third-order valence-electron chi connectivity index (χ3n) is 5.42. The molecule has 0 fully saturated rings. The van der Waals surface area contributed by atoms with Gasteiger partial charge in [0.2, 0.25) is 0 Å². The number of rotatable bonds is 8. The molecule has 34 heavy (non-hydrogen) atoms. The van der Waals surface area contributed by atoms with Gasteiger partial charge >= 0.3 is 0 Å². The summed E-state index contributed by atoms with van der Waals surface area (Å²) >= 11 is 5.94. The van der Waals surface area contributed by atoms with Gasteiger partial charge in [-0.3, -0.25) is 9.59 Å². The Bertz CT molecular complexity index is 1160. The van der Waals surface area contributed by atoms with Gasteiger partial charge in [-0.05, 0) is 73.0 Å². The number of anilines is 2. The van der Waals surface area contributed by atoms with Gasteiger partial charge in [0, 0.05) is 54.7 Å². The monoisotopic (exact) mass is 477 g/mol. The zero-order chi connectivity index (χ0) is 24.8. The van der Waals surface area contributed by atoms with Gasteiger partial charge in [-0.15, -0.1) is 0 Å². The number of halogens is 1. The summed E-state index contributed by atoms with van der Waals surface area (Å²) in [5, 5.41) is 3.54. The number of nitrogens with one attached hydrogen (secondary N) is 1. The SMILES string of the molecule is Cc1cccc(C(=O)N(Cc2cc(NC(=O)c3ccc(Cl)cc3)ccc2N(C)C)CC(C)C)c1. The molecule has 3 aromatic carbocycles. The van der Waals surface area contributed by atoms with Crippen molar-refractivity contribution in [1.82, 2.24) is 4.90 Å². The van der Waals surface area contributed by atoms with E-state index >= 15 is 0 Å². The summed E-state index contributed by atoms with van der Waals surface area (Å²) in [6, 6.07) is 20.2. The second-order valence-corrected chi connectivity index (χ2v) is 9.58. The van der Waals surface area contributed by atoms with Crippen LogP contribution in [0, 0.1) is 12.8 Å². The fourth-order valence-corrected chi connectivity index (χ4v) is 3.98. The normalized spacial score (nSPS) is 10.8. The van der Waals surface area contributed by atoms with Crippen molar-refractivity contribution in [2.45, 2.75) is 27.3 Å². The molecule has 5 nitrogen and oxygen atoms in total. The lowest BCUT2D eigenvalue weighted by molar-refractivity contribution is 0.0722. The summed E-state index contributed by atoms with van der Waals surface area (Å²) in [6.45, 7) is 7.25. The predicted octanol–water partition coefficient (Wildman–Crippen LogP) is 6.27. The third kappa shape index (κ3) is 6.61. The highest BCUT2D eigenvalue weighted by Crippen LogP contribution is 2.26. The van der Waals surface area contributed by atoms with E-state index in [9.17, 15) is 9.59 Å². The van der Waals surface area contributed by atoms with Crippen molar-refractivity contribution >= 4 is 34.8 Å². The lowest BCUT2D eigenvalue weighted by atomic mass is 10.1. The molecule has 0 saturated carbocycles. The number of nitrogens with zero attached hydrogens (tertiary/aromatic N) is 2. The summed E-state index contributed by atoms with van der Waals surface area (Å²) in [5.41, 5.74) is 4.89. The quantitative estimate of drug-likeness (QED) is 0.416. The molecule has 3 aromatic rings. The van der Waals surface area contributed by atoms with Crippen molar-refractivity contribution < 1.29 is 9.59 Å². The molecule has 0 spiro atoms. The van der Waals surface area contributed by atoms with E-state index in [-0.39, 0.29) is 11.8 Å². The first kappa shape index (κ1) is 25.3. The molecule has 6 heteroatoms. The molecule has 0 aliphatic rings. The van der Waals surface area contributed by atoms with E-state index in [0.717, 1.165) is 16.8 Å². The molecular formula is C28H32ClN3O2. The van der Waals surface area contributed by atoms with Gasteiger partial charge < -0.3 is 15.1 Å². The maximum Gasteiger partial charge on any atom is 0.255 e. The van der Waals surface area contributed by atoms with Gasteiger partial charge in [-0.1, -0.05) is 43.1 Å². The van der Waals surface area contributed by atoms with Crippen molar-refractivity contribution in [3.63, 3.8) is 0 Å². The van der Waals surface area contributed by atoms with E-state index in [4.69, 9.17) is 11.6 Å². The van der Waals surface area contributed by atoms with E-state index in [1.165, 1.54) is 0 Å². The van der Waals surface area contributed by atoms with E-state index in [1.54, 1.807) is 24.3 Å². The van der Waals surface area contributed by atoms with E-state index in [1.807, 2.05) is 73.3 Å². The van der Waals surface area contributed by atoms with Crippen LogP contribution >= 0.6 is 11.6 Å². The molecule has 0 bridgehead atoms. The Morgan fingerprint density at radius 3 is 2.26 bits per heavy atom. The van der Waals surface area contributed by atoms with Crippen LogP contribution in [0.5, 0.6) is 0 Å². The van der Waals surface area contributed by atoms with Crippen LogP contribution in [0.15, 0.2) is 66.7 Å². The summed E-state index contributed by atoms with van der Waals surface area (Å²) < 4.78 is 0. The van der Waals surface area contributed by atoms with Gasteiger partial charge in [0.15, 0.2) is 0 Å². The number of hydrogen-bond donors (Lipinski definition) is 1. The van der Waals surface area contributed by atoms with Gasteiger partial charge in [0.25, 0.3) is 11.8 Å². The van der Waals surface area contributed by atoms with Gasteiger partial charge in [-0.2, -0.15) is 0 Å². The molecule has 178 valence electrons. The predicted molar refractivity (Wildman–Crippen MR) is 141 cm³/mol. The van der Waals surface area contributed by atoms with Gasteiger partial charge in [0.05, 0.1) is 0 Å². The number of aryl methyl sites for hydroxylation is 1. The Balaban J connectivity index is 1.90. The summed E-state index contributed by atoms with van der Waals surface area (Å²) in [6.07, 6.45) is 0. The average molecular weight is 478 g/mol. The fourth-order valence-electron chi connectivity index (χ4n) is 3.86. The van der Waals surface area contributed by atoms with Crippen molar-refractivity contribution in [2.75, 3.05) is 30.9 Å². The largest absolute Gasteiger partial charge is 0.377 e. The van der Waals surface area contributed by atoms with Crippen molar-refractivity contribution in [3.05, 3.63) is 94.0 Å². The molecule has 0 aliphatic heterocycles. The minimum absolute atomic E-state index is 0.00212. The average Bonchev–Trinajstić information content (AvgIpc) is 2.78. The molecule has 0 heterocycles. The maximum atomic E-state index is 13.4. The number of carbonyl (C=O) groups excluding carboxylic acids is 2. The van der Waals surface area contributed by atoms with Gasteiger partial charge in [0.1, 0.15) is 0 Å². The van der Waals surface area contributed by atoms with Crippen LogP contribution in [0.3, 0.4) is 0 Å². The van der Waals surface area contributed by atoms with Crippen LogP contribution in [0.1, 0.15) is 45.7 Å². The summed E-state index contributed by atoms with van der Waals surface area (Å²) in [7, 11) is 3.94. The fraction of sp³-hybridized carbons (Fsp3) is 0.286. The van der Waals surface area contributed by atoms with Crippen LogP contribution in [0.2, 0.25) is 5.02 Å². The second kappa shape index (κ2) is 11.2. The molecule has 2 amide bonds. The molecule has 0 unspecified atom stereocenters. The molecule has 0 saturated heterocycles. The lowest BCUT2D eigenvalue weighted by Gasteiger charge is -2.28. The zero-order valence-electron chi connectivity index (χ0n) is 20.4. The van der Waals surface area contributed by atoms with Gasteiger partial charge in [-0.25, -0.2) is 0 Å². The highest BCUT2D eigenvalue weighted by Gasteiger charge is 2.20. The first-order valence-electron chi connectivity index (χ1n) is 11.4. The zero-order valence-corrected chi connectivity index (χ0v) is 21.2. The summed E-state index contributed by atoms with van der Waals surface area (Å²) in [5.74, 6) is 0.0946. The van der Waals surface area contributed by atoms with Crippen LogP contribution in [-0.4, -0.2) is 37.4 Å². The highest BCUT2D eigenvalue weighted by atomic mass is 35.5. The van der Waals surface area contributed by atoms with E-state index in [2.05, 4.69) is 19.2 Å². The smallest absolute Gasteiger partial charge is 0.255 e. The molecule has 0 aromatic heterocycles. The number of amides is 2. The molecule has 0 atom stereocenters. The first-order chi connectivity index (χ1) is 16.1. The number of carbonyl (C=O) groups is 2. The number of hydrogen-bond acceptors (Lipinski definition) is 3. The second-order valence-electron chi connectivity index (χ2n) is 9.15. The van der Waals surface area contributed by atoms with Crippen LogP contribution in [-0.2, 0) is 6.54 Å². The third-order valence-corrected chi connectivity index (χ3v) is 5.68. The molecule has 1 N–H and O–H groups in total. The van der Waals surface area contributed by atoms with Crippen molar-refractivity contribution in [2.24, 2.45) is 5.92 Å². The highest BCUT2D eigenvalue weighted by molar-refractivity contribution is 6.30. The number of benzene rings is 3. The minimum atomic E-state index is -0.213.